The van der Waals surface area contributed by atoms with E-state index in [0.717, 1.165) is 23.3 Å². The lowest BCUT2D eigenvalue weighted by molar-refractivity contribution is -0.0172. The van der Waals surface area contributed by atoms with Crippen molar-refractivity contribution in [1.82, 2.24) is 10.2 Å². The zero-order valence-electron chi connectivity index (χ0n) is 26.3. The van der Waals surface area contributed by atoms with E-state index >= 15 is 0 Å². The molecule has 1 saturated heterocycles. The molecule has 0 amide bonds. The van der Waals surface area contributed by atoms with Crippen molar-refractivity contribution in [3.8, 4) is 0 Å². The Kier molecular flexibility index (Phi) is 18.6. The molecular weight excluding hydrogens is 448 g/mol. The maximum atomic E-state index is 3.99. The van der Waals surface area contributed by atoms with Gasteiger partial charge in [-0.3, -0.25) is 0 Å². The summed E-state index contributed by atoms with van der Waals surface area (Å²) in [4.78, 5) is 2.84. The maximum Gasteiger partial charge on any atom is 0.00670 e. The minimum absolute atomic E-state index is 0.740. The molecule has 1 N–H and O–H groups in total. The van der Waals surface area contributed by atoms with E-state index in [1.54, 1.807) is 0 Å². The normalized spacial score (nSPS) is 19.1. The predicted molar refractivity (Wildman–Crippen MR) is 167 cm³/mol. The Labute approximate surface area is 234 Å². The first-order valence-electron chi connectivity index (χ1n) is 17.6. The SMILES string of the molecule is CCCCCCCC(CCCC)CCN1CCC2(CC1)CC(CCNC(CCCCC)CCCCC)C2. The van der Waals surface area contributed by atoms with Crippen LogP contribution in [0.3, 0.4) is 0 Å². The lowest BCUT2D eigenvalue weighted by Crippen LogP contribution is -2.48. The minimum atomic E-state index is 0.740. The number of piperidine rings is 1. The van der Waals surface area contributed by atoms with Crippen molar-refractivity contribution < 1.29 is 0 Å². The Morgan fingerprint density at radius 2 is 1.19 bits per heavy atom. The second kappa shape index (κ2) is 20.8. The fourth-order valence-corrected chi connectivity index (χ4v) is 7.48. The predicted octanol–water partition coefficient (Wildman–Crippen LogP) is 10.5. The average molecular weight is 519 g/mol. The van der Waals surface area contributed by atoms with Crippen LogP contribution in [0.4, 0.5) is 0 Å². The summed E-state index contributed by atoms with van der Waals surface area (Å²) >= 11 is 0. The van der Waals surface area contributed by atoms with Crippen molar-refractivity contribution >= 4 is 0 Å². The van der Waals surface area contributed by atoms with E-state index in [-0.39, 0.29) is 0 Å². The van der Waals surface area contributed by atoms with Gasteiger partial charge in [-0.2, -0.15) is 0 Å². The molecule has 0 bridgehead atoms. The van der Waals surface area contributed by atoms with E-state index in [4.69, 9.17) is 0 Å². The first kappa shape index (κ1) is 33.1. The number of unbranched alkanes of at least 4 members (excludes halogenated alkanes) is 9. The quantitative estimate of drug-likeness (QED) is 0.128. The Morgan fingerprint density at radius 3 is 1.81 bits per heavy atom. The summed E-state index contributed by atoms with van der Waals surface area (Å²) in [6, 6.07) is 0.785. The summed E-state index contributed by atoms with van der Waals surface area (Å²) in [5.41, 5.74) is 0.740. The molecule has 1 aliphatic heterocycles. The van der Waals surface area contributed by atoms with Crippen LogP contribution in [0.25, 0.3) is 0 Å². The van der Waals surface area contributed by atoms with Crippen molar-refractivity contribution in [2.24, 2.45) is 17.3 Å². The molecule has 2 fully saturated rings. The number of hydrogen-bond acceptors (Lipinski definition) is 2. The van der Waals surface area contributed by atoms with Gasteiger partial charge in [-0.25, -0.2) is 0 Å². The minimum Gasteiger partial charge on any atom is -0.314 e. The van der Waals surface area contributed by atoms with Gasteiger partial charge in [-0.1, -0.05) is 124 Å². The van der Waals surface area contributed by atoms with E-state index in [1.165, 1.54) is 174 Å². The van der Waals surface area contributed by atoms with Crippen LogP contribution in [-0.2, 0) is 0 Å². The standard InChI is InChI=1S/C35H70N2/c1-5-9-13-14-17-19-32(18-12-8-4)23-27-37-28-24-35(25-29-37)30-33(31-35)22-26-36-34(20-15-10-6-2)21-16-11-7-3/h32-34,36H,5-31H2,1-4H3. The molecule has 0 radical (unpaired) electrons. The fourth-order valence-electron chi connectivity index (χ4n) is 7.48. The smallest absolute Gasteiger partial charge is 0.00670 e. The van der Waals surface area contributed by atoms with Gasteiger partial charge in [-0.15, -0.1) is 0 Å². The number of rotatable bonds is 24. The molecule has 0 aromatic heterocycles. The maximum absolute atomic E-state index is 3.99. The second-order valence-electron chi connectivity index (χ2n) is 13.5. The number of nitrogens with zero attached hydrogens (tertiary/aromatic N) is 1. The molecule has 1 saturated carbocycles. The highest BCUT2D eigenvalue weighted by atomic mass is 15.1. The van der Waals surface area contributed by atoms with E-state index in [2.05, 4.69) is 37.9 Å². The van der Waals surface area contributed by atoms with Crippen LogP contribution < -0.4 is 5.32 Å². The van der Waals surface area contributed by atoms with Gasteiger partial charge in [0, 0.05) is 6.04 Å². The third-order valence-electron chi connectivity index (χ3n) is 10.2. The van der Waals surface area contributed by atoms with Gasteiger partial charge < -0.3 is 10.2 Å². The van der Waals surface area contributed by atoms with Gasteiger partial charge in [0.05, 0.1) is 0 Å². The molecule has 2 aliphatic rings. The summed E-state index contributed by atoms with van der Waals surface area (Å²) in [6.07, 6.45) is 33.1. The van der Waals surface area contributed by atoms with Crippen LogP contribution >= 0.6 is 0 Å². The Balaban J connectivity index is 1.59. The van der Waals surface area contributed by atoms with E-state index in [0.29, 0.717) is 0 Å². The highest BCUT2D eigenvalue weighted by Crippen LogP contribution is 2.53. The zero-order valence-corrected chi connectivity index (χ0v) is 26.3. The Hall–Kier alpha value is -0.0800. The number of likely N-dealkylation sites (tertiary alicyclic amines) is 1. The molecule has 220 valence electrons. The molecule has 1 spiro atoms. The number of hydrogen-bond donors (Lipinski definition) is 1. The molecule has 1 aliphatic carbocycles. The summed E-state index contributed by atoms with van der Waals surface area (Å²) in [5, 5.41) is 3.99. The average Bonchev–Trinajstić information content (AvgIpc) is 2.89. The van der Waals surface area contributed by atoms with Crippen LogP contribution in [0.1, 0.15) is 175 Å². The second-order valence-corrected chi connectivity index (χ2v) is 13.5. The van der Waals surface area contributed by atoms with Crippen molar-refractivity contribution in [3.63, 3.8) is 0 Å². The molecule has 2 heteroatoms. The topological polar surface area (TPSA) is 15.3 Å². The van der Waals surface area contributed by atoms with Crippen LogP contribution in [-0.4, -0.2) is 37.1 Å². The zero-order chi connectivity index (χ0) is 26.6. The summed E-state index contributed by atoms with van der Waals surface area (Å²) in [7, 11) is 0. The third-order valence-corrected chi connectivity index (χ3v) is 10.2. The van der Waals surface area contributed by atoms with Crippen molar-refractivity contribution in [2.45, 2.75) is 181 Å². The molecule has 2 nitrogen and oxygen atoms in total. The third kappa shape index (κ3) is 14.2. The fraction of sp³-hybridized carbons (Fsp3) is 1.00. The van der Waals surface area contributed by atoms with Gasteiger partial charge in [0.2, 0.25) is 0 Å². The van der Waals surface area contributed by atoms with Gasteiger partial charge in [0.1, 0.15) is 0 Å². The van der Waals surface area contributed by atoms with E-state index in [9.17, 15) is 0 Å². The van der Waals surface area contributed by atoms with Crippen molar-refractivity contribution in [3.05, 3.63) is 0 Å². The lowest BCUT2D eigenvalue weighted by Gasteiger charge is -2.52. The van der Waals surface area contributed by atoms with Gasteiger partial charge in [-0.05, 0) is 94.8 Å². The van der Waals surface area contributed by atoms with Crippen LogP contribution in [0, 0.1) is 17.3 Å². The van der Waals surface area contributed by atoms with Crippen LogP contribution in [0.5, 0.6) is 0 Å². The van der Waals surface area contributed by atoms with Crippen LogP contribution in [0.2, 0.25) is 0 Å². The van der Waals surface area contributed by atoms with E-state index < -0.39 is 0 Å². The first-order chi connectivity index (χ1) is 18.1. The Morgan fingerprint density at radius 1 is 0.649 bits per heavy atom. The molecule has 37 heavy (non-hydrogen) atoms. The molecule has 1 atom stereocenters. The van der Waals surface area contributed by atoms with Gasteiger partial charge in [0.15, 0.2) is 0 Å². The van der Waals surface area contributed by atoms with Crippen molar-refractivity contribution in [1.29, 1.82) is 0 Å². The lowest BCUT2D eigenvalue weighted by atomic mass is 9.57. The molecule has 1 heterocycles. The highest BCUT2D eigenvalue weighted by Gasteiger charge is 2.45. The molecule has 0 aromatic rings. The van der Waals surface area contributed by atoms with Crippen molar-refractivity contribution in [2.75, 3.05) is 26.2 Å². The Bertz CT molecular complexity index is 491. The highest BCUT2D eigenvalue weighted by molar-refractivity contribution is 4.97. The number of nitrogens with one attached hydrogen (secondary N) is 1. The molecular formula is C35H70N2. The van der Waals surface area contributed by atoms with Gasteiger partial charge >= 0.3 is 0 Å². The largest absolute Gasteiger partial charge is 0.314 e. The molecule has 2 rings (SSSR count). The summed E-state index contributed by atoms with van der Waals surface area (Å²) in [6.45, 7) is 14.8. The molecule has 0 aromatic carbocycles. The van der Waals surface area contributed by atoms with E-state index in [1.807, 2.05) is 0 Å². The molecule has 1 unspecified atom stereocenters. The summed E-state index contributed by atoms with van der Waals surface area (Å²) in [5.74, 6) is 2.00. The van der Waals surface area contributed by atoms with Gasteiger partial charge in [0.25, 0.3) is 0 Å². The first-order valence-corrected chi connectivity index (χ1v) is 17.6. The van der Waals surface area contributed by atoms with Crippen LogP contribution in [0.15, 0.2) is 0 Å². The summed E-state index contributed by atoms with van der Waals surface area (Å²) < 4.78 is 0. The monoisotopic (exact) mass is 519 g/mol.